The van der Waals surface area contributed by atoms with Crippen molar-refractivity contribution in [1.82, 2.24) is 9.88 Å². The minimum Gasteiger partial charge on any atom is -0.376 e. The van der Waals surface area contributed by atoms with Gasteiger partial charge in [0.25, 0.3) is 0 Å². The van der Waals surface area contributed by atoms with E-state index < -0.39 is 17.6 Å². The van der Waals surface area contributed by atoms with Crippen LogP contribution in [0, 0.1) is 17.2 Å². The number of carbonyl (C=O) groups excluding carboxylic acids is 2. The Kier molecular flexibility index (Phi) is 4.63. The number of aryl methyl sites for hydroxylation is 1. The fourth-order valence-electron chi connectivity index (χ4n) is 3.05. The molecule has 1 N–H and O–H groups in total. The molecule has 2 heterocycles. The third-order valence-electron chi connectivity index (χ3n) is 4.34. The lowest BCUT2D eigenvalue weighted by molar-refractivity contribution is -0.122. The molecule has 2 aromatic rings. The zero-order valence-electron chi connectivity index (χ0n) is 13.5. The fraction of sp³-hybridized carbons (Fsp3) is 0.389. The van der Waals surface area contributed by atoms with Crippen molar-refractivity contribution in [2.45, 2.75) is 18.9 Å². The van der Waals surface area contributed by atoms with Gasteiger partial charge in [-0.05, 0) is 18.9 Å². The van der Waals surface area contributed by atoms with Crippen LogP contribution < -0.4 is 5.32 Å². The van der Waals surface area contributed by atoms with E-state index in [4.69, 9.17) is 4.74 Å². The van der Waals surface area contributed by atoms with Crippen LogP contribution in [-0.4, -0.2) is 35.5 Å². The maximum atomic E-state index is 12.7. The number of hydrogen-bond acceptors (Lipinski definition) is 4. The number of rotatable bonds is 5. The van der Waals surface area contributed by atoms with Crippen molar-refractivity contribution in [1.29, 1.82) is 5.26 Å². The fourth-order valence-corrected chi connectivity index (χ4v) is 3.05. The highest BCUT2D eigenvalue weighted by molar-refractivity contribution is 6.17. The van der Waals surface area contributed by atoms with Gasteiger partial charge in [0.05, 0.1) is 12.2 Å². The summed E-state index contributed by atoms with van der Waals surface area (Å²) in [5.74, 6) is -2.39. The predicted octanol–water partition coefficient (Wildman–Crippen LogP) is 1.80. The zero-order valence-corrected chi connectivity index (χ0v) is 13.5. The van der Waals surface area contributed by atoms with E-state index >= 15 is 0 Å². The van der Waals surface area contributed by atoms with Gasteiger partial charge in [0.1, 0.15) is 0 Å². The number of carbonyl (C=O) groups is 2. The highest BCUT2D eigenvalue weighted by atomic mass is 16.5. The molecule has 2 unspecified atom stereocenters. The van der Waals surface area contributed by atoms with E-state index in [1.165, 1.54) is 0 Å². The molecule has 1 amide bonds. The van der Waals surface area contributed by atoms with Crippen LogP contribution in [0.25, 0.3) is 10.9 Å². The van der Waals surface area contributed by atoms with Gasteiger partial charge in [0, 0.05) is 42.9 Å². The summed E-state index contributed by atoms with van der Waals surface area (Å²) < 4.78 is 7.26. The highest BCUT2D eigenvalue weighted by Crippen LogP contribution is 2.23. The quantitative estimate of drug-likeness (QED) is 0.671. The van der Waals surface area contributed by atoms with Crippen molar-refractivity contribution in [2.24, 2.45) is 13.0 Å². The van der Waals surface area contributed by atoms with Crippen LogP contribution in [0.2, 0.25) is 0 Å². The van der Waals surface area contributed by atoms with Gasteiger partial charge in [0.15, 0.2) is 11.7 Å². The van der Waals surface area contributed by atoms with Gasteiger partial charge < -0.3 is 14.6 Å². The van der Waals surface area contributed by atoms with Gasteiger partial charge in [-0.25, -0.2) is 0 Å². The molecular formula is C18H19N3O3. The lowest BCUT2D eigenvalue weighted by atomic mass is 9.97. The number of para-hydroxylation sites is 1. The van der Waals surface area contributed by atoms with Crippen molar-refractivity contribution in [3.05, 3.63) is 36.0 Å². The number of hydrogen-bond donors (Lipinski definition) is 1. The summed E-state index contributed by atoms with van der Waals surface area (Å²) >= 11 is 0. The number of nitrogens with zero attached hydrogens (tertiary/aromatic N) is 2. The smallest absolute Gasteiger partial charge is 0.245 e. The van der Waals surface area contributed by atoms with Crippen molar-refractivity contribution < 1.29 is 14.3 Å². The lowest BCUT2D eigenvalue weighted by Crippen LogP contribution is -2.38. The molecule has 0 radical (unpaired) electrons. The average Bonchev–Trinajstić information content (AvgIpc) is 3.22. The molecule has 0 saturated carbocycles. The van der Waals surface area contributed by atoms with Crippen LogP contribution in [0.4, 0.5) is 0 Å². The van der Waals surface area contributed by atoms with Crippen LogP contribution in [0.15, 0.2) is 30.5 Å². The number of ketones is 1. The number of amides is 1. The van der Waals surface area contributed by atoms with Crippen LogP contribution in [0.1, 0.15) is 23.2 Å². The van der Waals surface area contributed by atoms with E-state index in [1.54, 1.807) is 6.20 Å². The Balaban J connectivity index is 1.78. The Bertz CT molecular complexity index is 813. The molecule has 3 rings (SSSR count). The number of Topliss-reactive ketones (excluding diaryl/α,β-unsaturated/α-hetero) is 1. The number of benzene rings is 1. The predicted molar refractivity (Wildman–Crippen MR) is 88.3 cm³/mol. The zero-order chi connectivity index (χ0) is 17.1. The summed E-state index contributed by atoms with van der Waals surface area (Å²) in [7, 11) is 1.83. The van der Waals surface area contributed by atoms with Crippen molar-refractivity contribution >= 4 is 22.6 Å². The summed E-state index contributed by atoms with van der Waals surface area (Å²) in [5.41, 5.74) is 1.28. The van der Waals surface area contributed by atoms with E-state index in [0.29, 0.717) is 18.7 Å². The maximum Gasteiger partial charge on any atom is 0.245 e. The molecule has 1 aliphatic rings. The monoisotopic (exact) mass is 325 g/mol. The summed E-state index contributed by atoms with van der Waals surface area (Å²) in [6, 6.07) is 9.27. The third kappa shape index (κ3) is 3.03. The van der Waals surface area contributed by atoms with E-state index in [1.807, 2.05) is 41.9 Å². The van der Waals surface area contributed by atoms with E-state index in [0.717, 1.165) is 23.7 Å². The summed E-state index contributed by atoms with van der Waals surface area (Å²) in [6.07, 6.45) is 3.50. The SMILES string of the molecule is Cn1cc(C(=O)C(C#N)C(=O)NCC2CCCO2)c2ccccc21. The Morgan fingerprint density at radius 2 is 2.25 bits per heavy atom. The first-order valence-electron chi connectivity index (χ1n) is 7.99. The first kappa shape index (κ1) is 16.2. The largest absolute Gasteiger partial charge is 0.376 e. The molecule has 0 bridgehead atoms. The molecule has 1 aromatic carbocycles. The summed E-state index contributed by atoms with van der Waals surface area (Å²) in [4.78, 5) is 25.0. The third-order valence-corrected chi connectivity index (χ3v) is 4.34. The van der Waals surface area contributed by atoms with Gasteiger partial charge >= 0.3 is 0 Å². The Morgan fingerprint density at radius 3 is 2.96 bits per heavy atom. The summed E-state index contributed by atoms with van der Waals surface area (Å²) in [6.45, 7) is 1.02. The molecule has 6 nitrogen and oxygen atoms in total. The molecule has 0 spiro atoms. The van der Waals surface area contributed by atoms with Gasteiger partial charge in [-0.15, -0.1) is 0 Å². The minimum atomic E-state index is -1.35. The minimum absolute atomic E-state index is 0.0269. The number of nitriles is 1. The first-order chi connectivity index (χ1) is 11.6. The lowest BCUT2D eigenvalue weighted by Gasteiger charge is -2.12. The highest BCUT2D eigenvalue weighted by Gasteiger charge is 2.30. The molecule has 124 valence electrons. The number of nitrogens with one attached hydrogen (secondary N) is 1. The molecular weight excluding hydrogens is 306 g/mol. The molecule has 1 saturated heterocycles. The molecule has 1 aliphatic heterocycles. The van der Waals surface area contributed by atoms with Gasteiger partial charge in [-0.1, -0.05) is 18.2 Å². The second-order valence-corrected chi connectivity index (χ2v) is 5.98. The molecule has 1 aromatic heterocycles. The number of aromatic nitrogens is 1. The number of ether oxygens (including phenoxy) is 1. The Morgan fingerprint density at radius 1 is 1.46 bits per heavy atom. The van der Waals surface area contributed by atoms with E-state index in [-0.39, 0.29) is 6.10 Å². The topological polar surface area (TPSA) is 84.1 Å². The Hall–Kier alpha value is -2.65. The van der Waals surface area contributed by atoms with Gasteiger partial charge in [0.2, 0.25) is 5.91 Å². The molecule has 24 heavy (non-hydrogen) atoms. The maximum absolute atomic E-state index is 12.7. The van der Waals surface area contributed by atoms with Gasteiger partial charge in [-0.3, -0.25) is 9.59 Å². The van der Waals surface area contributed by atoms with Crippen LogP contribution in [-0.2, 0) is 16.6 Å². The molecule has 2 atom stereocenters. The molecule has 0 aliphatic carbocycles. The van der Waals surface area contributed by atoms with Crippen molar-refractivity contribution in [3.8, 4) is 6.07 Å². The second-order valence-electron chi connectivity index (χ2n) is 5.98. The summed E-state index contributed by atoms with van der Waals surface area (Å²) in [5, 5.41) is 12.7. The number of fused-ring (bicyclic) bond motifs is 1. The standard InChI is InChI=1S/C18H19N3O3/c1-21-11-15(13-6-2-3-7-16(13)21)17(22)14(9-19)18(23)20-10-12-5-4-8-24-12/h2-3,6-7,11-12,14H,4-5,8,10H2,1H3,(H,20,23). The normalized spacial score (nSPS) is 18.2. The van der Waals surface area contributed by atoms with E-state index in [2.05, 4.69) is 5.32 Å². The molecule has 1 fully saturated rings. The molecule has 6 heteroatoms. The van der Waals surface area contributed by atoms with Crippen LogP contribution in [0.3, 0.4) is 0 Å². The Labute approximate surface area is 140 Å². The second kappa shape index (κ2) is 6.85. The van der Waals surface area contributed by atoms with Crippen LogP contribution in [0.5, 0.6) is 0 Å². The average molecular weight is 325 g/mol. The van der Waals surface area contributed by atoms with E-state index in [9.17, 15) is 14.9 Å². The van der Waals surface area contributed by atoms with Gasteiger partial charge in [-0.2, -0.15) is 5.26 Å². The van der Waals surface area contributed by atoms with Crippen LogP contribution >= 0.6 is 0 Å². The van der Waals surface area contributed by atoms with Crippen molar-refractivity contribution in [2.75, 3.05) is 13.2 Å². The first-order valence-corrected chi connectivity index (χ1v) is 7.99. The van der Waals surface area contributed by atoms with Crippen molar-refractivity contribution in [3.63, 3.8) is 0 Å².